The molecule has 2 aromatic rings. The third-order valence-corrected chi connectivity index (χ3v) is 5.88. The van der Waals surface area contributed by atoms with E-state index in [1.807, 2.05) is 74.5 Å². The molecule has 0 amide bonds. The molecule has 5 rings (SSSR count). The molecule has 130 valence electrons. The van der Waals surface area contributed by atoms with Crippen LogP contribution in [-0.4, -0.2) is 17.2 Å². The molecular formula is C22H24O3. The summed E-state index contributed by atoms with van der Waals surface area (Å²) in [5, 5.41) is 0. The van der Waals surface area contributed by atoms with Gasteiger partial charge < -0.3 is 9.47 Å². The van der Waals surface area contributed by atoms with Crippen LogP contribution < -0.4 is 0 Å². The number of rotatable bonds is 2. The average molecular weight is 336 g/mol. The molecule has 3 saturated heterocycles. The first kappa shape index (κ1) is 16.3. The summed E-state index contributed by atoms with van der Waals surface area (Å²) in [5.74, 6) is -0.409. The SMILES string of the molecule is CC1(C)OC2(C)CCC1C(=O)OC2(c1ccccc1)c1ccccc1. The maximum Gasteiger partial charge on any atom is 0.313 e. The van der Waals surface area contributed by atoms with Gasteiger partial charge in [0.15, 0.2) is 5.60 Å². The second-order valence-corrected chi connectivity index (χ2v) is 7.86. The van der Waals surface area contributed by atoms with Crippen molar-refractivity contribution in [2.45, 2.75) is 50.4 Å². The third-order valence-electron chi connectivity index (χ3n) is 5.88. The molecule has 0 N–H and O–H groups in total. The van der Waals surface area contributed by atoms with Gasteiger partial charge in [0, 0.05) is 11.1 Å². The minimum absolute atomic E-state index is 0.168. The van der Waals surface area contributed by atoms with E-state index in [4.69, 9.17) is 9.47 Å². The average Bonchev–Trinajstić information content (AvgIpc) is 2.75. The van der Waals surface area contributed by atoms with Gasteiger partial charge in [-0.2, -0.15) is 0 Å². The fraction of sp³-hybridized carbons (Fsp3) is 0.409. The van der Waals surface area contributed by atoms with Gasteiger partial charge in [-0.15, -0.1) is 0 Å². The van der Waals surface area contributed by atoms with Crippen LogP contribution in [0, 0.1) is 5.92 Å². The van der Waals surface area contributed by atoms with Crippen LogP contribution >= 0.6 is 0 Å². The lowest BCUT2D eigenvalue weighted by Gasteiger charge is -2.50. The number of ether oxygens (including phenoxy) is 2. The molecule has 0 spiro atoms. The molecule has 2 unspecified atom stereocenters. The number of benzene rings is 2. The maximum atomic E-state index is 13.1. The van der Waals surface area contributed by atoms with E-state index in [1.165, 1.54) is 0 Å². The van der Waals surface area contributed by atoms with Gasteiger partial charge in [-0.05, 0) is 33.6 Å². The zero-order valence-corrected chi connectivity index (χ0v) is 15.0. The molecule has 2 aromatic carbocycles. The summed E-state index contributed by atoms with van der Waals surface area (Å²) in [6, 6.07) is 20.0. The Morgan fingerprint density at radius 2 is 1.40 bits per heavy atom. The second-order valence-electron chi connectivity index (χ2n) is 7.86. The molecule has 3 heteroatoms. The summed E-state index contributed by atoms with van der Waals surface area (Å²) in [6.45, 7) is 6.09. The Morgan fingerprint density at radius 3 is 1.88 bits per heavy atom. The quantitative estimate of drug-likeness (QED) is 0.760. The molecule has 3 nitrogen and oxygen atoms in total. The summed E-state index contributed by atoms with van der Waals surface area (Å²) in [7, 11) is 0. The van der Waals surface area contributed by atoms with Crippen LogP contribution in [0.1, 0.15) is 44.7 Å². The normalized spacial score (nSPS) is 29.7. The minimum Gasteiger partial charge on any atom is -0.446 e. The van der Waals surface area contributed by atoms with Crippen LogP contribution in [0.5, 0.6) is 0 Å². The van der Waals surface area contributed by atoms with Gasteiger partial charge in [-0.1, -0.05) is 60.7 Å². The van der Waals surface area contributed by atoms with Crippen molar-refractivity contribution in [2.75, 3.05) is 0 Å². The topological polar surface area (TPSA) is 35.5 Å². The van der Waals surface area contributed by atoms with Gasteiger partial charge in [0.2, 0.25) is 0 Å². The smallest absolute Gasteiger partial charge is 0.313 e. The van der Waals surface area contributed by atoms with Crippen molar-refractivity contribution in [3.05, 3.63) is 71.8 Å². The first-order chi connectivity index (χ1) is 11.9. The van der Waals surface area contributed by atoms with Crippen molar-refractivity contribution in [2.24, 2.45) is 5.92 Å². The lowest BCUT2D eigenvalue weighted by molar-refractivity contribution is -0.223. The Morgan fingerprint density at radius 1 is 0.880 bits per heavy atom. The predicted octanol–water partition coefficient (Wildman–Crippen LogP) is 4.45. The van der Waals surface area contributed by atoms with Gasteiger partial charge in [0.1, 0.15) is 5.60 Å². The van der Waals surface area contributed by atoms with Crippen molar-refractivity contribution < 1.29 is 14.3 Å². The molecule has 0 saturated carbocycles. The summed E-state index contributed by atoms with van der Waals surface area (Å²) >= 11 is 0. The Bertz CT molecular complexity index is 742. The summed E-state index contributed by atoms with van der Waals surface area (Å²) in [5.41, 5.74) is -0.224. The third kappa shape index (κ3) is 2.26. The highest BCUT2D eigenvalue weighted by molar-refractivity contribution is 5.76. The van der Waals surface area contributed by atoms with E-state index in [0.717, 1.165) is 24.0 Å². The molecule has 3 aliphatic heterocycles. The Labute approximate surface area is 149 Å². The van der Waals surface area contributed by atoms with Crippen LogP contribution in [0.2, 0.25) is 0 Å². The van der Waals surface area contributed by atoms with E-state index in [-0.39, 0.29) is 11.9 Å². The first-order valence-electron chi connectivity index (χ1n) is 8.93. The standard InChI is InChI=1S/C22H24O3/c1-20(2)18-14-15-21(3,25-20)22(24-19(18)23,16-10-6-4-7-11-16)17-12-8-5-9-13-17/h4-13,18H,14-15H2,1-3H3. The largest absolute Gasteiger partial charge is 0.446 e. The van der Waals surface area contributed by atoms with Gasteiger partial charge in [-0.25, -0.2) is 0 Å². The summed E-state index contributed by atoms with van der Waals surface area (Å²) < 4.78 is 13.0. The highest BCUT2D eigenvalue weighted by atomic mass is 16.6. The predicted molar refractivity (Wildman–Crippen MR) is 96.0 cm³/mol. The molecule has 0 radical (unpaired) electrons. The molecule has 2 atom stereocenters. The zero-order chi connectivity index (χ0) is 17.7. The van der Waals surface area contributed by atoms with Gasteiger partial charge in [0.25, 0.3) is 0 Å². The van der Waals surface area contributed by atoms with Crippen LogP contribution in [0.3, 0.4) is 0 Å². The fourth-order valence-corrected chi connectivity index (χ4v) is 4.69. The van der Waals surface area contributed by atoms with Crippen molar-refractivity contribution in [3.63, 3.8) is 0 Å². The highest BCUT2D eigenvalue weighted by Crippen LogP contribution is 2.56. The molecule has 2 bridgehead atoms. The number of hydrogen-bond donors (Lipinski definition) is 0. The van der Waals surface area contributed by atoms with Crippen molar-refractivity contribution >= 4 is 5.97 Å². The van der Waals surface area contributed by atoms with E-state index in [2.05, 4.69) is 6.92 Å². The monoisotopic (exact) mass is 336 g/mol. The second kappa shape index (κ2) is 5.43. The van der Waals surface area contributed by atoms with Gasteiger partial charge >= 0.3 is 5.97 Å². The molecule has 3 heterocycles. The highest BCUT2D eigenvalue weighted by Gasteiger charge is 2.64. The van der Waals surface area contributed by atoms with Gasteiger partial charge in [0.05, 0.1) is 11.5 Å². The Kier molecular flexibility index (Phi) is 3.55. The molecular weight excluding hydrogens is 312 g/mol. The molecule has 0 aromatic heterocycles. The number of carbonyl (C=O) groups excluding carboxylic acids is 1. The van der Waals surface area contributed by atoms with Crippen molar-refractivity contribution in [3.8, 4) is 0 Å². The van der Waals surface area contributed by atoms with E-state index in [0.29, 0.717) is 0 Å². The molecule has 0 aliphatic carbocycles. The molecule has 25 heavy (non-hydrogen) atoms. The summed E-state index contributed by atoms with van der Waals surface area (Å²) in [6.07, 6.45) is 1.56. The van der Waals surface area contributed by atoms with Crippen LogP contribution in [0.25, 0.3) is 0 Å². The lowest BCUT2D eigenvalue weighted by atomic mass is 9.69. The number of fused-ring (bicyclic) bond motifs is 4. The maximum absolute atomic E-state index is 13.1. The number of hydrogen-bond acceptors (Lipinski definition) is 3. The molecule has 3 aliphatic rings. The number of carbonyl (C=O) groups is 1. The Balaban J connectivity index is 2.02. The van der Waals surface area contributed by atoms with E-state index in [9.17, 15) is 4.79 Å². The lowest BCUT2D eigenvalue weighted by Crippen LogP contribution is -2.57. The van der Waals surface area contributed by atoms with Crippen molar-refractivity contribution in [1.82, 2.24) is 0 Å². The molecule has 3 fully saturated rings. The van der Waals surface area contributed by atoms with Crippen LogP contribution in [0.15, 0.2) is 60.7 Å². The van der Waals surface area contributed by atoms with E-state index in [1.54, 1.807) is 0 Å². The van der Waals surface area contributed by atoms with Crippen LogP contribution in [-0.2, 0) is 19.9 Å². The van der Waals surface area contributed by atoms with Crippen molar-refractivity contribution in [1.29, 1.82) is 0 Å². The number of esters is 1. The van der Waals surface area contributed by atoms with Crippen LogP contribution in [0.4, 0.5) is 0 Å². The van der Waals surface area contributed by atoms with E-state index >= 15 is 0 Å². The minimum atomic E-state index is -0.949. The fourth-order valence-electron chi connectivity index (χ4n) is 4.69. The zero-order valence-electron chi connectivity index (χ0n) is 15.0. The van der Waals surface area contributed by atoms with E-state index < -0.39 is 16.8 Å². The first-order valence-corrected chi connectivity index (χ1v) is 8.93. The van der Waals surface area contributed by atoms with Gasteiger partial charge in [-0.3, -0.25) is 4.79 Å². The summed E-state index contributed by atoms with van der Waals surface area (Å²) in [4.78, 5) is 13.1. The Hall–Kier alpha value is -2.13.